The molecule has 19 heavy (non-hydrogen) atoms. The summed E-state index contributed by atoms with van der Waals surface area (Å²) in [7, 11) is 0. The Hall–Kier alpha value is -0.620. The Morgan fingerprint density at radius 2 is 2.11 bits per heavy atom. The molecule has 0 spiro atoms. The van der Waals surface area contributed by atoms with Crippen LogP contribution in [0.1, 0.15) is 45.3 Å². The van der Waals surface area contributed by atoms with Crippen LogP contribution in [0.3, 0.4) is 0 Å². The lowest BCUT2D eigenvalue weighted by atomic mass is 9.90. The van der Waals surface area contributed by atoms with Gasteiger partial charge in [0.05, 0.1) is 23.0 Å². The van der Waals surface area contributed by atoms with Crippen molar-refractivity contribution in [2.45, 2.75) is 51.7 Å². The number of nitrogens with one attached hydrogen (secondary N) is 1. The number of aryl methyl sites for hydroxylation is 1. The van der Waals surface area contributed by atoms with Crippen molar-refractivity contribution >= 4 is 11.6 Å². The highest BCUT2D eigenvalue weighted by Crippen LogP contribution is 2.35. The Bertz CT molecular complexity index is 423. The number of nitrogens with zero attached hydrogens (tertiary/aromatic N) is 3. The predicted octanol–water partition coefficient (Wildman–Crippen LogP) is 1.94. The molecule has 0 amide bonds. The van der Waals surface area contributed by atoms with Crippen molar-refractivity contribution in [1.29, 1.82) is 0 Å². The number of likely N-dealkylation sites (tertiary alicyclic amines) is 1. The quantitative estimate of drug-likeness (QED) is 0.641. The van der Waals surface area contributed by atoms with E-state index in [-0.39, 0.29) is 11.6 Å². The molecule has 108 valence electrons. The average Bonchev–Trinajstić information content (AvgIpc) is 3.01. The topological polar surface area (TPSA) is 59.1 Å². The Kier molecular flexibility index (Phi) is 4.50. The van der Waals surface area contributed by atoms with Gasteiger partial charge in [-0.3, -0.25) is 15.4 Å². The molecular weight excluding hydrogens is 262 g/mol. The highest BCUT2D eigenvalue weighted by Gasteiger charge is 2.39. The molecule has 1 aromatic heterocycles. The third-order valence-corrected chi connectivity index (χ3v) is 4.49. The molecule has 5 nitrogen and oxygen atoms in total. The number of halogens is 1. The van der Waals surface area contributed by atoms with Gasteiger partial charge in [0.2, 0.25) is 0 Å². The SMILES string of the molecule is CCn1ncc(Cl)c1C(NN)C(C)(C)N1CCCC1. The van der Waals surface area contributed by atoms with E-state index in [9.17, 15) is 0 Å². The maximum atomic E-state index is 6.31. The van der Waals surface area contributed by atoms with Crippen LogP contribution < -0.4 is 11.3 Å². The van der Waals surface area contributed by atoms with Gasteiger partial charge in [-0.05, 0) is 46.7 Å². The van der Waals surface area contributed by atoms with E-state index in [0.717, 1.165) is 25.3 Å². The van der Waals surface area contributed by atoms with Crippen LogP contribution in [0.25, 0.3) is 0 Å². The Morgan fingerprint density at radius 1 is 1.47 bits per heavy atom. The predicted molar refractivity (Wildman–Crippen MR) is 77.9 cm³/mol. The molecule has 1 atom stereocenters. The summed E-state index contributed by atoms with van der Waals surface area (Å²) in [4.78, 5) is 2.47. The fraction of sp³-hybridized carbons (Fsp3) is 0.769. The van der Waals surface area contributed by atoms with Gasteiger partial charge in [0, 0.05) is 12.1 Å². The Morgan fingerprint density at radius 3 is 2.63 bits per heavy atom. The monoisotopic (exact) mass is 285 g/mol. The molecule has 2 heterocycles. The number of aromatic nitrogens is 2. The maximum Gasteiger partial charge on any atom is 0.0835 e. The number of rotatable bonds is 5. The fourth-order valence-electron chi connectivity index (χ4n) is 3.00. The van der Waals surface area contributed by atoms with Crippen LogP contribution in [0.5, 0.6) is 0 Å². The van der Waals surface area contributed by atoms with Gasteiger partial charge >= 0.3 is 0 Å². The van der Waals surface area contributed by atoms with E-state index in [4.69, 9.17) is 17.4 Å². The summed E-state index contributed by atoms with van der Waals surface area (Å²) in [5.41, 5.74) is 3.83. The van der Waals surface area contributed by atoms with Crippen molar-refractivity contribution in [2.75, 3.05) is 13.1 Å². The van der Waals surface area contributed by atoms with Crippen LogP contribution in [-0.2, 0) is 6.54 Å². The highest BCUT2D eigenvalue weighted by molar-refractivity contribution is 6.31. The second-order valence-corrected chi connectivity index (χ2v) is 6.05. The number of hydrogen-bond acceptors (Lipinski definition) is 4. The molecule has 1 fully saturated rings. The van der Waals surface area contributed by atoms with Crippen molar-refractivity contribution < 1.29 is 0 Å². The lowest BCUT2D eigenvalue weighted by Crippen LogP contribution is -2.53. The van der Waals surface area contributed by atoms with E-state index in [1.165, 1.54) is 12.8 Å². The summed E-state index contributed by atoms with van der Waals surface area (Å²) in [6.45, 7) is 9.50. The highest BCUT2D eigenvalue weighted by atomic mass is 35.5. The molecule has 1 aliphatic heterocycles. The number of hydrogen-bond donors (Lipinski definition) is 2. The van der Waals surface area contributed by atoms with Crippen molar-refractivity contribution in [3.8, 4) is 0 Å². The minimum atomic E-state index is -0.0954. The maximum absolute atomic E-state index is 6.31. The first-order chi connectivity index (χ1) is 9.02. The van der Waals surface area contributed by atoms with Gasteiger partial charge < -0.3 is 0 Å². The first-order valence-electron chi connectivity index (χ1n) is 6.94. The molecule has 1 aliphatic rings. The van der Waals surface area contributed by atoms with Crippen molar-refractivity contribution in [3.63, 3.8) is 0 Å². The molecule has 1 saturated heterocycles. The van der Waals surface area contributed by atoms with Crippen LogP contribution in [0, 0.1) is 0 Å². The molecular formula is C13H24ClN5. The molecule has 1 aromatic rings. The van der Waals surface area contributed by atoms with Gasteiger partial charge in [-0.15, -0.1) is 0 Å². The Balaban J connectivity index is 2.35. The number of nitrogens with two attached hydrogens (primary N) is 1. The molecule has 0 saturated carbocycles. The van der Waals surface area contributed by atoms with E-state index in [1.807, 2.05) is 4.68 Å². The lowest BCUT2D eigenvalue weighted by molar-refractivity contribution is 0.103. The van der Waals surface area contributed by atoms with E-state index < -0.39 is 0 Å². The minimum absolute atomic E-state index is 0.0412. The van der Waals surface area contributed by atoms with E-state index in [0.29, 0.717) is 5.02 Å². The second-order valence-electron chi connectivity index (χ2n) is 5.64. The summed E-state index contributed by atoms with van der Waals surface area (Å²) >= 11 is 6.31. The van der Waals surface area contributed by atoms with E-state index >= 15 is 0 Å². The third-order valence-electron chi connectivity index (χ3n) is 4.20. The van der Waals surface area contributed by atoms with Crippen molar-refractivity contribution in [3.05, 3.63) is 16.9 Å². The van der Waals surface area contributed by atoms with E-state index in [1.54, 1.807) is 6.20 Å². The normalized spacial score (nSPS) is 19.0. The lowest BCUT2D eigenvalue weighted by Gasteiger charge is -2.42. The van der Waals surface area contributed by atoms with Gasteiger partial charge in [0.25, 0.3) is 0 Å². The molecule has 0 aromatic carbocycles. The third kappa shape index (κ3) is 2.65. The molecule has 3 N–H and O–H groups in total. The van der Waals surface area contributed by atoms with Gasteiger partial charge in [-0.2, -0.15) is 5.10 Å². The second kappa shape index (κ2) is 5.79. The van der Waals surface area contributed by atoms with Gasteiger partial charge in [0.1, 0.15) is 0 Å². The Labute approximate surface area is 120 Å². The molecule has 1 unspecified atom stereocenters. The van der Waals surface area contributed by atoms with Crippen LogP contribution in [0.2, 0.25) is 5.02 Å². The summed E-state index contributed by atoms with van der Waals surface area (Å²) in [6.07, 6.45) is 4.20. The zero-order chi connectivity index (χ0) is 14.0. The molecule has 0 radical (unpaired) electrons. The zero-order valence-corrected chi connectivity index (χ0v) is 12.7. The van der Waals surface area contributed by atoms with Crippen molar-refractivity contribution in [2.24, 2.45) is 5.84 Å². The zero-order valence-electron chi connectivity index (χ0n) is 12.0. The average molecular weight is 286 g/mol. The smallest absolute Gasteiger partial charge is 0.0835 e. The van der Waals surface area contributed by atoms with Crippen LogP contribution in [0.4, 0.5) is 0 Å². The van der Waals surface area contributed by atoms with Crippen LogP contribution in [-0.4, -0.2) is 33.3 Å². The van der Waals surface area contributed by atoms with Gasteiger partial charge in [-0.1, -0.05) is 11.6 Å². The van der Waals surface area contributed by atoms with Crippen LogP contribution >= 0.6 is 11.6 Å². The fourth-order valence-corrected chi connectivity index (χ4v) is 3.25. The van der Waals surface area contributed by atoms with Gasteiger partial charge in [-0.25, -0.2) is 5.43 Å². The first-order valence-corrected chi connectivity index (χ1v) is 7.32. The largest absolute Gasteiger partial charge is 0.296 e. The summed E-state index contributed by atoms with van der Waals surface area (Å²) in [5, 5.41) is 4.99. The van der Waals surface area contributed by atoms with Gasteiger partial charge in [0.15, 0.2) is 0 Å². The molecule has 0 bridgehead atoms. The summed E-state index contributed by atoms with van der Waals surface area (Å²) in [6, 6.07) is -0.0412. The minimum Gasteiger partial charge on any atom is -0.296 e. The first kappa shape index (κ1) is 14.8. The van der Waals surface area contributed by atoms with Crippen molar-refractivity contribution in [1.82, 2.24) is 20.1 Å². The molecule has 0 aliphatic carbocycles. The number of hydrazine groups is 1. The van der Waals surface area contributed by atoms with E-state index in [2.05, 4.69) is 36.2 Å². The standard InChI is InChI=1S/C13H24ClN5/c1-4-19-11(10(14)9-16-19)12(17-15)13(2,3)18-7-5-6-8-18/h9,12,17H,4-8,15H2,1-3H3. The summed E-state index contributed by atoms with van der Waals surface area (Å²) < 4.78 is 1.92. The summed E-state index contributed by atoms with van der Waals surface area (Å²) in [5.74, 6) is 5.83. The molecule has 2 rings (SSSR count). The van der Waals surface area contributed by atoms with Crippen LogP contribution in [0.15, 0.2) is 6.20 Å². The molecule has 6 heteroatoms.